The molecule has 0 spiro atoms. The lowest BCUT2D eigenvalue weighted by atomic mass is 10.1. The first-order valence-corrected chi connectivity index (χ1v) is 7.59. The van der Waals surface area contributed by atoms with Gasteiger partial charge < -0.3 is 15.3 Å². The summed E-state index contributed by atoms with van der Waals surface area (Å²) in [5, 5.41) is 12.4. The van der Waals surface area contributed by atoms with Gasteiger partial charge in [0.2, 0.25) is 0 Å². The summed E-state index contributed by atoms with van der Waals surface area (Å²) < 4.78 is 13.8. The van der Waals surface area contributed by atoms with Crippen molar-refractivity contribution < 1.29 is 14.3 Å². The molecule has 0 saturated carbocycles. The van der Waals surface area contributed by atoms with Gasteiger partial charge in [0.05, 0.1) is 17.4 Å². The second-order valence-corrected chi connectivity index (χ2v) is 5.53. The molecule has 0 unspecified atom stereocenters. The Morgan fingerprint density at radius 3 is 2.70 bits per heavy atom. The van der Waals surface area contributed by atoms with Crippen LogP contribution in [0.3, 0.4) is 0 Å². The summed E-state index contributed by atoms with van der Waals surface area (Å²) in [5.74, 6) is -0.241. The second kappa shape index (κ2) is 6.75. The fraction of sp³-hybridized carbons (Fsp3) is 0.294. The monoisotopic (exact) mass is 315 g/mol. The maximum Gasteiger partial charge on any atom is 0.257 e. The van der Waals surface area contributed by atoms with Crippen molar-refractivity contribution >= 4 is 17.4 Å². The number of para-hydroxylation sites is 1. The quantitative estimate of drug-likeness (QED) is 0.913. The van der Waals surface area contributed by atoms with Gasteiger partial charge >= 0.3 is 0 Å². The first-order chi connectivity index (χ1) is 11.1. The maximum absolute atomic E-state index is 13.8. The molecule has 1 aromatic heterocycles. The third-order valence-electron chi connectivity index (χ3n) is 3.92. The topological polar surface area (TPSA) is 65.5 Å². The normalized spacial score (nSPS) is 15.5. The average Bonchev–Trinajstić information content (AvgIpc) is 2.57. The van der Waals surface area contributed by atoms with Gasteiger partial charge in [0.15, 0.2) is 0 Å². The summed E-state index contributed by atoms with van der Waals surface area (Å²) in [4.78, 5) is 18.5. The molecule has 120 valence electrons. The molecule has 1 aromatic carbocycles. The molecule has 0 bridgehead atoms. The fourth-order valence-corrected chi connectivity index (χ4v) is 2.61. The Bertz CT molecular complexity index is 700. The van der Waals surface area contributed by atoms with Gasteiger partial charge in [0, 0.05) is 19.3 Å². The van der Waals surface area contributed by atoms with E-state index in [-0.39, 0.29) is 17.7 Å². The maximum atomic E-state index is 13.8. The number of piperidine rings is 1. The van der Waals surface area contributed by atoms with Gasteiger partial charge in [-0.2, -0.15) is 0 Å². The van der Waals surface area contributed by atoms with E-state index in [1.165, 1.54) is 6.07 Å². The Hall–Kier alpha value is -2.47. The lowest BCUT2D eigenvalue weighted by Gasteiger charge is -2.30. The Kier molecular flexibility index (Phi) is 4.52. The number of halogens is 1. The van der Waals surface area contributed by atoms with Crippen LogP contribution in [0.2, 0.25) is 0 Å². The number of anilines is 2. The number of rotatable bonds is 3. The SMILES string of the molecule is O=C(c1cccnc1Nc1ccccc1F)N1CCC(O)CC1. The molecule has 0 radical (unpaired) electrons. The first kappa shape index (κ1) is 15.4. The number of pyridine rings is 1. The van der Waals surface area contributed by atoms with Gasteiger partial charge in [0.25, 0.3) is 5.91 Å². The smallest absolute Gasteiger partial charge is 0.257 e. The number of aliphatic hydroxyl groups is 1. The molecule has 5 nitrogen and oxygen atoms in total. The highest BCUT2D eigenvalue weighted by Crippen LogP contribution is 2.23. The number of amides is 1. The number of nitrogens with zero attached hydrogens (tertiary/aromatic N) is 2. The van der Waals surface area contributed by atoms with Crippen LogP contribution in [0.1, 0.15) is 23.2 Å². The van der Waals surface area contributed by atoms with Gasteiger partial charge in [0.1, 0.15) is 11.6 Å². The Morgan fingerprint density at radius 1 is 1.22 bits per heavy atom. The number of hydrogen-bond donors (Lipinski definition) is 2. The number of carbonyl (C=O) groups excluding carboxylic acids is 1. The molecule has 2 heterocycles. The van der Waals surface area contributed by atoms with Crippen molar-refractivity contribution in [2.45, 2.75) is 18.9 Å². The summed E-state index contributed by atoms with van der Waals surface area (Å²) in [6.07, 6.45) is 2.35. The van der Waals surface area contributed by atoms with E-state index in [0.717, 1.165) is 0 Å². The van der Waals surface area contributed by atoms with Crippen LogP contribution in [0.15, 0.2) is 42.6 Å². The molecule has 23 heavy (non-hydrogen) atoms. The number of benzene rings is 1. The van der Waals surface area contributed by atoms with E-state index in [4.69, 9.17) is 0 Å². The van der Waals surface area contributed by atoms with Crippen LogP contribution in [0.4, 0.5) is 15.9 Å². The lowest BCUT2D eigenvalue weighted by Crippen LogP contribution is -2.40. The van der Waals surface area contributed by atoms with Gasteiger partial charge in [-0.05, 0) is 37.1 Å². The van der Waals surface area contributed by atoms with Gasteiger partial charge in [-0.25, -0.2) is 9.37 Å². The molecule has 1 aliphatic heterocycles. The van der Waals surface area contributed by atoms with Crippen molar-refractivity contribution in [2.75, 3.05) is 18.4 Å². The van der Waals surface area contributed by atoms with Crippen LogP contribution < -0.4 is 5.32 Å². The first-order valence-electron chi connectivity index (χ1n) is 7.59. The summed E-state index contributed by atoms with van der Waals surface area (Å²) in [6.45, 7) is 1.02. The van der Waals surface area contributed by atoms with E-state index in [9.17, 15) is 14.3 Å². The number of aliphatic hydroxyl groups excluding tert-OH is 1. The minimum Gasteiger partial charge on any atom is -0.393 e. The average molecular weight is 315 g/mol. The highest BCUT2D eigenvalue weighted by molar-refractivity contribution is 5.99. The third-order valence-corrected chi connectivity index (χ3v) is 3.92. The Balaban J connectivity index is 1.83. The highest BCUT2D eigenvalue weighted by Gasteiger charge is 2.24. The van der Waals surface area contributed by atoms with Crippen LogP contribution in [0.25, 0.3) is 0 Å². The molecule has 3 rings (SSSR count). The summed E-state index contributed by atoms with van der Waals surface area (Å²) >= 11 is 0. The fourth-order valence-electron chi connectivity index (χ4n) is 2.61. The van der Waals surface area contributed by atoms with Crippen molar-refractivity contribution in [2.24, 2.45) is 0 Å². The molecule has 0 aliphatic carbocycles. The zero-order valence-electron chi connectivity index (χ0n) is 12.6. The van der Waals surface area contributed by atoms with E-state index in [2.05, 4.69) is 10.3 Å². The summed E-state index contributed by atoms with van der Waals surface area (Å²) in [7, 11) is 0. The van der Waals surface area contributed by atoms with E-state index in [1.54, 1.807) is 41.4 Å². The molecule has 1 amide bonds. The zero-order valence-corrected chi connectivity index (χ0v) is 12.6. The number of aromatic nitrogens is 1. The van der Waals surface area contributed by atoms with Crippen molar-refractivity contribution in [3.8, 4) is 0 Å². The van der Waals surface area contributed by atoms with E-state index < -0.39 is 5.82 Å². The van der Waals surface area contributed by atoms with Crippen LogP contribution in [-0.4, -0.2) is 40.1 Å². The predicted octanol–water partition coefficient (Wildman–Crippen LogP) is 2.56. The minimum absolute atomic E-state index is 0.163. The van der Waals surface area contributed by atoms with Crippen LogP contribution in [0.5, 0.6) is 0 Å². The van der Waals surface area contributed by atoms with Crippen molar-refractivity contribution in [1.82, 2.24) is 9.88 Å². The number of nitrogens with one attached hydrogen (secondary N) is 1. The highest BCUT2D eigenvalue weighted by atomic mass is 19.1. The third kappa shape index (κ3) is 3.48. The summed E-state index contributed by atoms with van der Waals surface area (Å²) in [6, 6.07) is 9.60. The van der Waals surface area contributed by atoms with Crippen molar-refractivity contribution in [3.05, 3.63) is 54.0 Å². The Labute approximate surface area is 133 Å². The largest absolute Gasteiger partial charge is 0.393 e. The zero-order chi connectivity index (χ0) is 16.2. The molecule has 2 N–H and O–H groups in total. The Morgan fingerprint density at radius 2 is 1.96 bits per heavy atom. The number of likely N-dealkylation sites (tertiary alicyclic amines) is 1. The van der Waals surface area contributed by atoms with Gasteiger partial charge in [-0.15, -0.1) is 0 Å². The second-order valence-electron chi connectivity index (χ2n) is 5.53. The molecule has 6 heteroatoms. The molecule has 1 aliphatic rings. The van der Waals surface area contributed by atoms with E-state index >= 15 is 0 Å². The van der Waals surface area contributed by atoms with Crippen LogP contribution in [0, 0.1) is 5.82 Å². The van der Waals surface area contributed by atoms with Gasteiger partial charge in [-0.1, -0.05) is 12.1 Å². The van der Waals surface area contributed by atoms with Crippen LogP contribution >= 0.6 is 0 Å². The number of carbonyl (C=O) groups is 1. The number of hydrogen-bond acceptors (Lipinski definition) is 4. The molecular weight excluding hydrogens is 297 g/mol. The van der Waals surface area contributed by atoms with Crippen molar-refractivity contribution in [3.63, 3.8) is 0 Å². The predicted molar refractivity (Wildman–Crippen MR) is 85.1 cm³/mol. The lowest BCUT2D eigenvalue weighted by molar-refractivity contribution is 0.0547. The summed E-state index contributed by atoms with van der Waals surface area (Å²) in [5.41, 5.74) is 0.668. The van der Waals surface area contributed by atoms with Gasteiger partial charge in [-0.3, -0.25) is 4.79 Å². The molecule has 2 aromatic rings. The standard InChI is InChI=1S/C17H18FN3O2/c18-14-5-1-2-6-15(14)20-16-13(4-3-9-19-16)17(23)21-10-7-12(22)8-11-21/h1-6,9,12,22H,7-8,10-11H2,(H,19,20). The van der Waals surface area contributed by atoms with Crippen LogP contribution in [-0.2, 0) is 0 Å². The molecule has 0 atom stereocenters. The molecule has 1 saturated heterocycles. The van der Waals surface area contributed by atoms with Crippen molar-refractivity contribution in [1.29, 1.82) is 0 Å². The van der Waals surface area contributed by atoms with E-state index in [0.29, 0.717) is 37.3 Å². The molecular formula is C17H18FN3O2. The minimum atomic E-state index is -0.405. The molecule has 1 fully saturated rings. The van der Waals surface area contributed by atoms with E-state index in [1.807, 2.05) is 0 Å².